The number of aromatic nitrogens is 4. The summed E-state index contributed by atoms with van der Waals surface area (Å²) in [5.74, 6) is -0.114. The van der Waals surface area contributed by atoms with E-state index in [9.17, 15) is 18.0 Å². The van der Waals surface area contributed by atoms with Crippen molar-refractivity contribution in [3.8, 4) is 5.75 Å². The van der Waals surface area contributed by atoms with Gasteiger partial charge in [0.15, 0.2) is 6.04 Å². The number of halogens is 3. The summed E-state index contributed by atoms with van der Waals surface area (Å²) in [5.41, 5.74) is 3.56. The number of ether oxygens (including phenoxy) is 1. The van der Waals surface area contributed by atoms with Crippen LogP contribution in [0, 0.1) is 0 Å². The second kappa shape index (κ2) is 8.36. The van der Waals surface area contributed by atoms with E-state index in [4.69, 9.17) is 4.74 Å². The number of hydrazone groups is 1. The number of hydrogen-bond acceptors (Lipinski definition) is 6. The molecule has 3 heterocycles. The minimum Gasteiger partial charge on any atom is -0.497 e. The molecule has 0 saturated carbocycles. The number of amides is 1. The zero-order chi connectivity index (χ0) is 22.9. The molecule has 2 aromatic heterocycles. The molecule has 168 valence electrons. The number of carbonyl (C=O) groups is 1. The summed E-state index contributed by atoms with van der Waals surface area (Å²) in [6.07, 6.45) is 0.905. The van der Waals surface area contributed by atoms with Crippen molar-refractivity contribution in [2.45, 2.75) is 24.7 Å². The molecule has 9 nitrogen and oxygen atoms in total. The highest BCUT2D eigenvalue weighted by Crippen LogP contribution is 2.44. The van der Waals surface area contributed by atoms with E-state index in [0.717, 1.165) is 10.9 Å². The monoisotopic (exact) mass is 447 g/mol. The van der Waals surface area contributed by atoms with Crippen LogP contribution < -0.4 is 15.5 Å². The van der Waals surface area contributed by atoms with Crippen molar-refractivity contribution in [2.24, 2.45) is 12.1 Å². The average molecular weight is 447 g/mol. The number of hydrogen-bond donors (Lipinski definition) is 2. The molecule has 2 atom stereocenters. The second-order valence-corrected chi connectivity index (χ2v) is 7.26. The van der Waals surface area contributed by atoms with E-state index >= 15 is 0 Å². The molecule has 0 aliphatic carbocycles. The minimum absolute atomic E-state index is 0.0199. The van der Waals surface area contributed by atoms with E-state index in [1.165, 1.54) is 13.3 Å². The quantitative estimate of drug-likeness (QED) is 0.463. The fourth-order valence-electron chi connectivity index (χ4n) is 3.52. The Labute approximate surface area is 180 Å². The Balaban J connectivity index is 1.60. The SMILES string of the molecule is COc1ccc([C@H]2C[C@@H](C(F)(F)F)n3ncc(C(=O)N/N=C\c4cnn(C)c4)c3N2)cc1. The molecule has 1 aromatic carbocycles. The van der Waals surface area contributed by atoms with Crippen molar-refractivity contribution in [3.05, 3.63) is 59.5 Å². The van der Waals surface area contributed by atoms with Gasteiger partial charge in [0.1, 0.15) is 17.1 Å². The predicted molar refractivity (Wildman–Crippen MR) is 110 cm³/mol. The third-order valence-electron chi connectivity index (χ3n) is 5.11. The number of anilines is 1. The van der Waals surface area contributed by atoms with Crippen LogP contribution in [0.15, 0.2) is 48.0 Å². The highest BCUT2D eigenvalue weighted by atomic mass is 19.4. The van der Waals surface area contributed by atoms with Crippen LogP contribution in [0.3, 0.4) is 0 Å². The standard InChI is InChI=1S/C20H20F3N7O2/c1-29-11-12(9-25-29)8-24-28-19(31)15-10-26-30-17(20(21,22)23)7-16(27-18(15)30)13-3-5-14(32-2)6-4-13/h3-6,8-11,16-17,27H,7H2,1-2H3,(H,28,31)/b24-8-/t16-,17+/m1/s1. The third-order valence-corrected chi connectivity index (χ3v) is 5.11. The van der Waals surface area contributed by atoms with Crippen LogP contribution >= 0.6 is 0 Å². The van der Waals surface area contributed by atoms with Gasteiger partial charge in [-0.1, -0.05) is 12.1 Å². The third kappa shape index (κ3) is 4.29. The number of carbonyl (C=O) groups excluding carboxylic acids is 1. The van der Waals surface area contributed by atoms with E-state index < -0.39 is 24.2 Å². The number of fused-ring (bicyclic) bond motifs is 1. The van der Waals surface area contributed by atoms with Crippen LogP contribution in [0.4, 0.5) is 19.0 Å². The molecule has 0 saturated heterocycles. The lowest BCUT2D eigenvalue weighted by molar-refractivity contribution is -0.173. The van der Waals surface area contributed by atoms with Crippen molar-refractivity contribution in [1.29, 1.82) is 0 Å². The van der Waals surface area contributed by atoms with Gasteiger partial charge in [-0.05, 0) is 17.7 Å². The number of rotatable bonds is 5. The van der Waals surface area contributed by atoms with Gasteiger partial charge in [-0.3, -0.25) is 9.48 Å². The predicted octanol–water partition coefficient (Wildman–Crippen LogP) is 3.05. The van der Waals surface area contributed by atoms with Gasteiger partial charge in [0, 0.05) is 25.2 Å². The summed E-state index contributed by atoms with van der Waals surface area (Å²) < 4.78 is 48.9. The molecule has 2 N–H and O–H groups in total. The molecular weight excluding hydrogens is 427 g/mol. The Bertz CT molecular complexity index is 1140. The van der Waals surface area contributed by atoms with Crippen molar-refractivity contribution in [3.63, 3.8) is 0 Å². The highest BCUT2D eigenvalue weighted by Gasteiger charge is 2.47. The van der Waals surface area contributed by atoms with Crippen molar-refractivity contribution >= 4 is 17.9 Å². The fourth-order valence-corrected chi connectivity index (χ4v) is 3.52. The van der Waals surface area contributed by atoms with Crippen LogP contribution in [0.1, 0.15) is 40.0 Å². The maximum absolute atomic E-state index is 13.8. The topological polar surface area (TPSA) is 98.4 Å². The molecule has 12 heteroatoms. The Hall–Kier alpha value is -3.83. The smallest absolute Gasteiger partial charge is 0.410 e. The number of benzene rings is 1. The van der Waals surface area contributed by atoms with Crippen molar-refractivity contribution in [1.82, 2.24) is 25.0 Å². The number of aryl methyl sites for hydroxylation is 1. The van der Waals surface area contributed by atoms with Gasteiger partial charge in [0.2, 0.25) is 0 Å². The largest absolute Gasteiger partial charge is 0.497 e. The van der Waals surface area contributed by atoms with E-state index in [1.807, 2.05) is 0 Å². The Morgan fingerprint density at radius 2 is 2.03 bits per heavy atom. The Morgan fingerprint density at radius 3 is 2.66 bits per heavy atom. The number of nitrogens with one attached hydrogen (secondary N) is 2. The van der Waals surface area contributed by atoms with Crippen LogP contribution in [0.25, 0.3) is 0 Å². The zero-order valence-corrected chi connectivity index (χ0v) is 17.2. The van der Waals surface area contributed by atoms with Gasteiger partial charge < -0.3 is 10.1 Å². The average Bonchev–Trinajstić information content (AvgIpc) is 3.38. The maximum Gasteiger partial charge on any atom is 0.410 e. The van der Waals surface area contributed by atoms with Gasteiger partial charge >= 0.3 is 6.18 Å². The Morgan fingerprint density at radius 1 is 1.28 bits per heavy atom. The Kier molecular flexibility index (Phi) is 5.59. The van der Waals surface area contributed by atoms with Gasteiger partial charge in [-0.15, -0.1) is 0 Å². The first-order chi connectivity index (χ1) is 15.3. The summed E-state index contributed by atoms with van der Waals surface area (Å²) in [5, 5.41) is 14.7. The highest BCUT2D eigenvalue weighted by molar-refractivity contribution is 5.99. The lowest BCUT2D eigenvalue weighted by Crippen LogP contribution is -2.36. The first kappa shape index (κ1) is 21.4. The summed E-state index contributed by atoms with van der Waals surface area (Å²) in [4.78, 5) is 12.6. The molecule has 1 amide bonds. The van der Waals surface area contributed by atoms with E-state index in [0.29, 0.717) is 16.9 Å². The van der Waals surface area contributed by atoms with E-state index in [-0.39, 0.29) is 17.8 Å². The molecule has 3 aromatic rings. The lowest BCUT2D eigenvalue weighted by Gasteiger charge is -2.34. The van der Waals surface area contributed by atoms with Gasteiger partial charge in [0.25, 0.3) is 5.91 Å². The van der Waals surface area contributed by atoms with Gasteiger partial charge in [0.05, 0.1) is 31.8 Å². The summed E-state index contributed by atoms with van der Waals surface area (Å²) in [6, 6.07) is 4.16. The van der Waals surface area contributed by atoms with Gasteiger partial charge in [-0.25, -0.2) is 10.1 Å². The molecule has 1 aliphatic rings. The lowest BCUT2D eigenvalue weighted by atomic mass is 9.96. The van der Waals surface area contributed by atoms with E-state index in [2.05, 4.69) is 26.0 Å². The normalized spacial score (nSPS) is 18.3. The van der Waals surface area contributed by atoms with Crippen LogP contribution in [-0.2, 0) is 7.05 Å². The summed E-state index contributed by atoms with van der Waals surface area (Å²) in [7, 11) is 3.24. The first-order valence-corrected chi connectivity index (χ1v) is 9.63. The number of nitrogens with zero attached hydrogens (tertiary/aromatic N) is 5. The minimum atomic E-state index is -4.54. The molecular formula is C20H20F3N7O2. The maximum atomic E-state index is 13.8. The van der Waals surface area contributed by atoms with E-state index in [1.54, 1.807) is 48.4 Å². The summed E-state index contributed by atoms with van der Waals surface area (Å²) >= 11 is 0. The summed E-state index contributed by atoms with van der Waals surface area (Å²) in [6.45, 7) is 0. The number of methoxy groups -OCH3 is 1. The van der Waals surface area contributed by atoms with Crippen molar-refractivity contribution < 1.29 is 22.7 Å². The van der Waals surface area contributed by atoms with Crippen LogP contribution in [0.5, 0.6) is 5.75 Å². The first-order valence-electron chi connectivity index (χ1n) is 9.63. The molecule has 0 fully saturated rings. The van der Waals surface area contributed by atoms with Gasteiger partial charge in [-0.2, -0.15) is 28.5 Å². The molecule has 0 bridgehead atoms. The molecule has 4 rings (SSSR count). The molecule has 0 radical (unpaired) electrons. The fraction of sp³-hybridized carbons (Fsp3) is 0.300. The molecule has 0 spiro atoms. The van der Waals surface area contributed by atoms with Crippen molar-refractivity contribution in [2.75, 3.05) is 12.4 Å². The second-order valence-electron chi connectivity index (χ2n) is 7.26. The molecule has 0 unspecified atom stereocenters. The number of alkyl halides is 3. The van der Waals surface area contributed by atoms with Crippen LogP contribution in [0.2, 0.25) is 0 Å². The zero-order valence-electron chi connectivity index (χ0n) is 17.2. The molecule has 32 heavy (non-hydrogen) atoms. The van der Waals surface area contributed by atoms with Crippen LogP contribution in [-0.4, -0.2) is 45.0 Å². The molecule has 1 aliphatic heterocycles.